The molecule has 0 heterocycles. The molecule has 0 aliphatic carbocycles. The van der Waals surface area contributed by atoms with Crippen molar-refractivity contribution in [3.63, 3.8) is 0 Å². The van der Waals surface area contributed by atoms with Gasteiger partial charge in [0.05, 0.1) is 12.8 Å². The average Bonchev–Trinajstić information content (AvgIpc) is 1.90. The summed E-state index contributed by atoms with van der Waals surface area (Å²) in [5, 5.41) is 0. The van der Waals surface area contributed by atoms with Crippen molar-refractivity contribution < 1.29 is 4.74 Å². The lowest BCUT2D eigenvalue weighted by atomic mass is 10.5. The number of nitrogens with two attached hydrogens (primary N) is 1. The zero-order chi connectivity index (χ0) is 7.28. The average molecular weight is 149 g/mol. The van der Waals surface area contributed by atoms with Gasteiger partial charge in [-0.2, -0.15) is 0 Å². The van der Waals surface area contributed by atoms with Crippen LogP contribution in [0.25, 0.3) is 0 Å². The van der Waals surface area contributed by atoms with Crippen molar-refractivity contribution in [3.8, 4) is 0 Å². The molecule has 0 aromatic rings. The van der Waals surface area contributed by atoms with E-state index in [0.29, 0.717) is 11.6 Å². The molecule has 0 fully saturated rings. The molecule has 3 nitrogen and oxygen atoms in total. The predicted molar refractivity (Wildman–Crippen MR) is 37.4 cm³/mol. The summed E-state index contributed by atoms with van der Waals surface area (Å²) >= 11 is 5.18. The Bertz CT molecular complexity index is 127. The molecule has 9 heavy (non-hydrogen) atoms. The van der Waals surface area contributed by atoms with E-state index in [2.05, 4.69) is 11.4 Å². The lowest BCUT2D eigenvalue weighted by Gasteiger charge is -2.03. The van der Waals surface area contributed by atoms with Crippen molar-refractivity contribution >= 4 is 11.8 Å². The molecule has 0 aliphatic rings. The monoisotopic (exact) mass is 148 g/mol. The summed E-state index contributed by atoms with van der Waals surface area (Å²) in [7, 11) is 1.46. The minimum atomic E-state index is 0.312. The molecular weight excluding hydrogens is 140 g/mol. The smallest absolute Gasteiger partial charge is 0.225 e. The van der Waals surface area contributed by atoms with Gasteiger partial charge in [-0.25, -0.2) is 0 Å². The molecule has 0 atom stereocenters. The molecule has 0 aromatic carbocycles. The van der Waals surface area contributed by atoms with Crippen molar-refractivity contribution in [1.29, 1.82) is 0 Å². The Labute approximate surface area is 59.2 Å². The first kappa shape index (κ1) is 8.17. The van der Waals surface area contributed by atoms with E-state index in [-0.39, 0.29) is 0 Å². The predicted octanol–water partition coefficient (Wildman–Crippen LogP) is 0.690. The van der Waals surface area contributed by atoms with E-state index >= 15 is 0 Å². The summed E-state index contributed by atoms with van der Waals surface area (Å²) < 4.78 is 4.69. The van der Waals surface area contributed by atoms with Gasteiger partial charge in [0.25, 0.3) is 0 Å². The summed E-state index contributed by atoms with van der Waals surface area (Å²) in [5.41, 5.74) is 5.71. The Morgan fingerprint density at radius 2 is 2.44 bits per heavy atom. The van der Waals surface area contributed by atoms with Crippen molar-refractivity contribution in [2.75, 3.05) is 7.11 Å². The van der Waals surface area contributed by atoms with Crippen molar-refractivity contribution in [2.24, 2.45) is 5.73 Å². The van der Waals surface area contributed by atoms with Gasteiger partial charge in [0.15, 0.2) is 0 Å². The van der Waals surface area contributed by atoms with Gasteiger partial charge in [-0.15, -0.1) is 0 Å². The normalized spacial score (nSPS) is 11.8. The highest BCUT2D eigenvalue weighted by Crippen LogP contribution is 1.96. The number of hydrogen-bond donors (Lipinski definition) is 2. The summed E-state index contributed by atoms with van der Waals surface area (Å²) in [6.45, 7) is 3.42. The number of ether oxygens (including phenoxy) is 1. The maximum absolute atomic E-state index is 5.33. The van der Waals surface area contributed by atoms with Gasteiger partial charge >= 0.3 is 0 Å². The van der Waals surface area contributed by atoms with E-state index in [1.807, 2.05) is 0 Å². The second kappa shape index (κ2) is 4.09. The van der Waals surface area contributed by atoms with Crippen LogP contribution in [0.3, 0.4) is 0 Å². The van der Waals surface area contributed by atoms with Gasteiger partial charge in [-0.3, -0.25) is 4.84 Å². The van der Waals surface area contributed by atoms with Crippen LogP contribution >= 0.6 is 11.8 Å². The second-order valence-electron chi connectivity index (χ2n) is 1.29. The molecule has 4 heteroatoms. The van der Waals surface area contributed by atoms with Gasteiger partial charge < -0.3 is 10.5 Å². The fourth-order valence-corrected chi connectivity index (χ4v) is 0.490. The number of methoxy groups -OCH3 is 1. The van der Waals surface area contributed by atoms with E-state index in [1.165, 1.54) is 13.2 Å². The van der Waals surface area contributed by atoms with Gasteiger partial charge in [-0.05, 0) is 6.08 Å². The Morgan fingerprint density at radius 3 is 2.56 bits per heavy atom. The number of hydrogen-bond acceptors (Lipinski definition) is 3. The summed E-state index contributed by atoms with van der Waals surface area (Å²) in [6.07, 6.45) is 1.44. The van der Waals surface area contributed by atoms with Crippen LogP contribution in [0.4, 0.5) is 0 Å². The number of nitrogens with one attached hydrogen (secondary N) is 1. The third kappa shape index (κ3) is 2.28. The summed E-state index contributed by atoms with van der Waals surface area (Å²) in [4.78, 5) is 2.24. The van der Waals surface area contributed by atoms with E-state index in [0.717, 1.165) is 0 Å². The van der Waals surface area contributed by atoms with Gasteiger partial charge in [0, 0.05) is 11.8 Å². The molecule has 0 bridgehead atoms. The Hall–Kier alpha value is -0.830. The molecule has 3 N–H and O–H groups in total. The first-order valence-electron chi connectivity index (χ1n) is 2.29. The van der Waals surface area contributed by atoms with Crippen molar-refractivity contribution in [1.82, 2.24) is 4.84 Å². The molecule has 0 spiro atoms. The largest absolute Gasteiger partial charge is 0.480 e. The van der Waals surface area contributed by atoms with Crippen LogP contribution in [0.5, 0.6) is 0 Å². The third-order valence-corrected chi connectivity index (χ3v) is 0.944. The highest BCUT2D eigenvalue weighted by Gasteiger charge is 1.94. The minimum absolute atomic E-state index is 0.312. The standard InChI is InChI=1S/C5H9ClN2O/c1-3-4(7)5(8-6)9-2/h3,8H,1,7H2,2H3/b5-4-. The first-order valence-corrected chi connectivity index (χ1v) is 2.66. The lowest BCUT2D eigenvalue weighted by molar-refractivity contribution is 0.274. The Morgan fingerprint density at radius 1 is 1.89 bits per heavy atom. The van der Waals surface area contributed by atoms with Crippen LogP contribution in [0, 0.1) is 0 Å². The molecule has 0 radical (unpaired) electrons. The van der Waals surface area contributed by atoms with Crippen LogP contribution in [-0.2, 0) is 4.74 Å². The number of halogens is 1. The first-order chi connectivity index (χ1) is 4.26. The third-order valence-electron chi connectivity index (χ3n) is 0.772. The van der Waals surface area contributed by atoms with Crippen LogP contribution in [0.2, 0.25) is 0 Å². The van der Waals surface area contributed by atoms with Crippen molar-refractivity contribution in [3.05, 3.63) is 24.2 Å². The fourth-order valence-electron chi connectivity index (χ4n) is 0.304. The van der Waals surface area contributed by atoms with Crippen molar-refractivity contribution in [2.45, 2.75) is 0 Å². The second-order valence-corrected chi connectivity index (χ2v) is 1.48. The molecular formula is C5H9ClN2O. The van der Waals surface area contributed by atoms with E-state index in [1.54, 1.807) is 0 Å². The molecule has 0 rings (SSSR count). The van der Waals surface area contributed by atoms with Gasteiger partial charge in [0.1, 0.15) is 0 Å². The highest BCUT2D eigenvalue weighted by molar-refractivity contribution is 6.14. The maximum Gasteiger partial charge on any atom is 0.225 e. The van der Waals surface area contributed by atoms with Crippen LogP contribution in [0.15, 0.2) is 24.2 Å². The number of rotatable bonds is 3. The Kier molecular flexibility index (Phi) is 3.71. The molecule has 0 amide bonds. The van der Waals surface area contributed by atoms with Gasteiger partial charge in [-0.1, -0.05) is 6.58 Å². The quantitative estimate of drug-likeness (QED) is 0.352. The van der Waals surface area contributed by atoms with Gasteiger partial charge in [0.2, 0.25) is 5.88 Å². The maximum atomic E-state index is 5.33. The lowest BCUT2D eigenvalue weighted by Crippen LogP contribution is -2.09. The van der Waals surface area contributed by atoms with Crippen LogP contribution in [-0.4, -0.2) is 7.11 Å². The van der Waals surface area contributed by atoms with E-state index < -0.39 is 0 Å². The summed E-state index contributed by atoms with van der Waals surface area (Å²) in [6, 6.07) is 0. The molecule has 0 saturated heterocycles. The Balaban J connectivity index is 4.17. The minimum Gasteiger partial charge on any atom is -0.480 e. The molecule has 0 aromatic heterocycles. The fraction of sp³-hybridized carbons (Fsp3) is 0.200. The highest BCUT2D eigenvalue weighted by atomic mass is 35.5. The molecule has 0 unspecified atom stereocenters. The molecule has 0 aliphatic heterocycles. The number of allylic oxidation sites excluding steroid dienone is 1. The zero-order valence-electron chi connectivity index (χ0n) is 5.15. The zero-order valence-corrected chi connectivity index (χ0v) is 5.90. The molecule has 0 saturated carbocycles. The summed E-state index contributed by atoms with van der Waals surface area (Å²) in [5.74, 6) is 0.312. The SMILES string of the molecule is C=C/C(N)=C(\NCl)OC. The van der Waals surface area contributed by atoms with Crippen LogP contribution < -0.4 is 10.6 Å². The van der Waals surface area contributed by atoms with Crippen LogP contribution in [0.1, 0.15) is 0 Å². The molecule has 52 valence electrons. The van der Waals surface area contributed by atoms with E-state index in [9.17, 15) is 0 Å². The van der Waals surface area contributed by atoms with E-state index in [4.69, 9.17) is 22.2 Å². The topological polar surface area (TPSA) is 47.3 Å².